The summed E-state index contributed by atoms with van der Waals surface area (Å²) in [4.78, 5) is 19.8. The molecule has 0 saturated carbocycles. The minimum Gasteiger partial charge on any atom is -0.352 e. The summed E-state index contributed by atoms with van der Waals surface area (Å²) in [5.74, 6) is -0.0387. The first-order valence-corrected chi connectivity index (χ1v) is 13.3. The van der Waals surface area contributed by atoms with Gasteiger partial charge in [0.05, 0.1) is 17.8 Å². The van der Waals surface area contributed by atoms with Crippen LogP contribution >= 0.6 is 12.2 Å². The average molecular weight is 524 g/mol. The average Bonchev–Trinajstić information content (AvgIpc) is 3.36. The molecule has 0 radical (unpaired) electrons. The molecule has 0 bridgehead atoms. The fourth-order valence-electron chi connectivity index (χ4n) is 5.45. The van der Waals surface area contributed by atoms with Gasteiger partial charge >= 0.3 is 0 Å². The van der Waals surface area contributed by atoms with Crippen molar-refractivity contribution in [1.82, 2.24) is 19.8 Å². The smallest absolute Gasteiger partial charge is 0.226 e. The lowest BCUT2D eigenvalue weighted by molar-refractivity contribution is -0.116. The summed E-state index contributed by atoms with van der Waals surface area (Å²) in [6, 6.07) is 24.0. The normalized spacial score (nSPS) is 16.9. The third-order valence-corrected chi connectivity index (χ3v) is 7.78. The second-order valence-corrected chi connectivity index (χ2v) is 10.3. The highest BCUT2D eigenvalue weighted by Gasteiger charge is 2.42. The van der Waals surface area contributed by atoms with Crippen molar-refractivity contribution in [3.63, 3.8) is 0 Å². The molecule has 5 rings (SSSR count). The Morgan fingerprint density at radius 2 is 1.66 bits per heavy atom. The van der Waals surface area contributed by atoms with E-state index >= 15 is 0 Å². The molecule has 7 heteroatoms. The molecule has 6 nitrogen and oxygen atoms in total. The molecule has 0 spiro atoms. The molecular formula is C31H33N5OS. The monoisotopic (exact) mass is 523 g/mol. The van der Waals surface area contributed by atoms with Gasteiger partial charge < -0.3 is 20.1 Å². The molecule has 2 aromatic heterocycles. The van der Waals surface area contributed by atoms with Crippen molar-refractivity contribution < 1.29 is 4.79 Å². The number of para-hydroxylation sites is 1. The molecule has 38 heavy (non-hydrogen) atoms. The van der Waals surface area contributed by atoms with Gasteiger partial charge in [0.25, 0.3) is 0 Å². The van der Waals surface area contributed by atoms with Gasteiger partial charge in [-0.3, -0.25) is 9.78 Å². The fourth-order valence-corrected chi connectivity index (χ4v) is 5.78. The maximum Gasteiger partial charge on any atom is 0.226 e. The molecule has 1 amide bonds. The third kappa shape index (κ3) is 4.94. The molecule has 4 aromatic rings. The lowest BCUT2D eigenvalue weighted by atomic mass is 9.93. The van der Waals surface area contributed by atoms with Crippen LogP contribution < -0.4 is 10.6 Å². The molecule has 1 aliphatic rings. The quantitative estimate of drug-likeness (QED) is 0.286. The number of anilines is 1. The Balaban J connectivity index is 1.49. The number of rotatable bonds is 7. The fraction of sp³-hybridized carbons (Fsp3) is 0.258. The van der Waals surface area contributed by atoms with Crippen LogP contribution in [-0.4, -0.2) is 32.0 Å². The Bertz CT molecular complexity index is 1450. The van der Waals surface area contributed by atoms with E-state index in [0.29, 0.717) is 18.1 Å². The number of nitrogens with zero attached hydrogens (tertiary/aromatic N) is 3. The first kappa shape index (κ1) is 25.7. The molecule has 0 aliphatic carbocycles. The molecule has 3 heterocycles. The number of thiocarbonyl (C=S) groups is 1. The van der Waals surface area contributed by atoms with E-state index in [4.69, 9.17) is 12.2 Å². The number of pyridine rings is 1. The van der Waals surface area contributed by atoms with E-state index in [1.165, 1.54) is 16.8 Å². The summed E-state index contributed by atoms with van der Waals surface area (Å²) in [5, 5.41) is 7.18. The van der Waals surface area contributed by atoms with Crippen molar-refractivity contribution in [3.05, 3.63) is 113 Å². The van der Waals surface area contributed by atoms with E-state index in [9.17, 15) is 4.79 Å². The van der Waals surface area contributed by atoms with Crippen molar-refractivity contribution in [3.8, 4) is 5.69 Å². The van der Waals surface area contributed by atoms with Crippen LogP contribution in [0.3, 0.4) is 0 Å². The Kier molecular flexibility index (Phi) is 7.29. The topological polar surface area (TPSA) is 62.2 Å². The highest BCUT2D eigenvalue weighted by molar-refractivity contribution is 7.80. The summed E-state index contributed by atoms with van der Waals surface area (Å²) in [5.41, 5.74) is 8.80. The lowest BCUT2D eigenvalue weighted by Gasteiger charge is -2.29. The standard InChI is InChI=1S/C31H33N5OS/c1-20-13-15-24(16-14-20)33-27(37)17-19-35-30(29(34-31(35)38)26-12-8-9-18-32-26)28-21(2)22(3)36(23(28)4)25-10-6-5-7-11-25/h5-16,18,29-30H,17,19H2,1-4H3,(H,33,37)(H,34,38)/t29-,30+/m1/s1. The van der Waals surface area contributed by atoms with Gasteiger partial charge in [0, 0.05) is 47.5 Å². The van der Waals surface area contributed by atoms with Gasteiger partial charge in [-0.2, -0.15) is 0 Å². The van der Waals surface area contributed by atoms with Gasteiger partial charge in [-0.05, 0) is 81.9 Å². The number of hydrogen-bond acceptors (Lipinski definition) is 3. The SMILES string of the molecule is Cc1ccc(NC(=O)CCN2C(=S)N[C@H](c3ccccn3)[C@@H]2c2c(C)c(C)n(-c3ccccc3)c2C)cc1. The Morgan fingerprint density at radius 1 is 0.947 bits per heavy atom. The Morgan fingerprint density at radius 3 is 2.34 bits per heavy atom. The predicted molar refractivity (Wildman–Crippen MR) is 157 cm³/mol. The zero-order valence-electron chi connectivity index (χ0n) is 22.2. The number of aryl methyl sites for hydroxylation is 1. The minimum absolute atomic E-state index is 0.0387. The number of nitrogens with one attached hydrogen (secondary N) is 2. The van der Waals surface area contributed by atoms with Gasteiger partial charge in [-0.1, -0.05) is 42.0 Å². The van der Waals surface area contributed by atoms with Crippen LogP contribution in [0.1, 0.15) is 52.3 Å². The van der Waals surface area contributed by atoms with E-state index in [0.717, 1.165) is 28.3 Å². The zero-order chi connectivity index (χ0) is 26.8. The largest absolute Gasteiger partial charge is 0.352 e. The lowest BCUT2D eigenvalue weighted by Crippen LogP contribution is -2.33. The van der Waals surface area contributed by atoms with Crippen LogP contribution in [-0.2, 0) is 4.79 Å². The molecular weight excluding hydrogens is 490 g/mol. The van der Waals surface area contributed by atoms with Gasteiger partial charge in [0.2, 0.25) is 5.91 Å². The summed E-state index contributed by atoms with van der Waals surface area (Å²) < 4.78 is 2.31. The molecule has 2 atom stereocenters. The van der Waals surface area contributed by atoms with E-state index in [2.05, 4.69) is 70.1 Å². The van der Waals surface area contributed by atoms with Gasteiger partial charge in [-0.15, -0.1) is 0 Å². The van der Waals surface area contributed by atoms with Gasteiger partial charge in [-0.25, -0.2) is 0 Å². The summed E-state index contributed by atoms with van der Waals surface area (Å²) in [7, 11) is 0. The zero-order valence-corrected chi connectivity index (χ0v) is 23.0. The highest BCUT2D eigenvalue weighted by Crippen LogP contribution is 2.43. The van der Waals surface area contributed by atoms with Crippen molar-refractivity contribution in [2.75, 3.05) is 11.9 Å². The summed E-state index contributed by atoms with van der Waals surface area (Å²) in [6.45, 7) is 9.03. The summed E-state index contributed by atoms with van der Waals surface area (Å²) in [6.07, 6.45) is 2.13. The molecule has 1 aliphatic heterocycles. The van der Waals surface area contributed by atoms with Crippen LogP contribution in [0.25, 0.3) is 5.69 Å². The summed E-state index contributed by atoms with van der Waals surface area (Å²) >= 11 is 5.86. The number of amides is 1. The maximum atomic E-state index is 12.9. The van der Waals surface area contributed by atoms with E-state index in [-0.39, 0.29) is 18.0 Å². The molecule has 1 saturated heterocycles. The van der Waals surface area contributed by atoms with E-state index in [1.807, 2.05) is 61.7 Å². The van der Waals surface area contributed by atoms with Gasteiger partial charge in [0.1, 0.15) is 0 Å². The second-order valence-electron chi connectivity index (χ2n) is 9.86. The third-order valence-electron chi connectivity index (χ3n) is 7.43. The Hall–Kier alpha value is -3.97. The minimum atomic E-state index is -0.132. The number of carbonyl (C=O) groups excluding carboxylic acids is 1. The second kappa shape index (κ2) is 10.8. The highest BCUT2D eigenvalue weighted by atomic mass is 32.1. The molecule has 2 aromatic carbocycles. The first-order chi connectivity index (χ1) is 18.3. The van der Waals surface area contributed by atoms with Crippen molar-refractivity contribution >= 4 is 28.9 Å². The number of carbonyl (C=O) groups is 1. The maximum absolute atomic E-state index is 12.9. The van der Waals surface area contributed by atoms with E-state index < -0.39 is 0 Å². The Labute approximate surface area is 229 Å². The van der Waals surface area contributed by atoms with Crippen molar-refractivity contribution in [1.29, 1.82) is 0 Å². The van der Waals surface area contributed by atoms with Crippen molar-refractivity contribution in [2.24, 2.45) is 0 Å². The molecule has 0 unspecified atom stereocenters. The van der Waals surface area contributed by atoms with Crippen LogP contribution in [0, 0.1) is 27.7 Å². The number of aromatic nitrogens is 2. The van der Waals surface area contributed by atoms with Crippen LogP contribution in [0.15, 0.2) is 79.0 Å². The molecule has 194 valence electrons. The molecule has 2 N–H and O–H groups in total. The van der Waals surface area contributed by atoms with Gasteiger partial charge in [0.15, 0.2) is 5.11 Å². The number of hydrogen-bond donors (Lipinski definition) is 2. The van der Waals surface area contributed by atoms with Crippen molar-refractivity contribution in [2.45, 2.75) is 46.2 Å². The number of benzene rings is 2. The van der Waals surface area contributed by atoms with Crippen LogP contribution in [0.5, 0.6) is 0 Å². The molecule has 1 fully saturated rings. The first-order valence-electron chi connectivity index (χ1n) is 12.9. The van der Waals surface area contributed by atoms with E-state index in [1.54, 1.807) is 0 Å². The van der Waals surface area contributed by atoms with Crippen LogP contribution in [0.4, 0.5) is 5.69 Å². The van der Waals surface area contributed by atoms with Crippen LogP contribution in [0.2, 0.25) is 0 Å². The predicted octanol–water partition coefficient (Wildman–Crippen LogP) is 6.11.